The van der Waals surface area contributed by atoms with E-state index in [1.54, 1.807) is 13.0 Å². The van der Waals surface area contributed by atoms with Gasteiger partial charge < -0.3 is 9.94 Å². The van der Waals surface area contributed by atoms with Gasteiger partial charge in [0.25, 0.3) is 0 Å². The Morgan fingerprint density at radius 1 is 1.64 bits per heavy atom. The summed E-state index contributed by atoms with van der Waals surface area (Å²) in [6.45, 7) is 3.29. The molecule has 0 saturated heterocycles. The van der Waals surface area contributed by atoms with Gasteiger partial charge in [0, 0.05) is 6.92 Å². The number of oxime groups is 1. The first-order valence-corrected chi connectivity index (χ1v) is 3.14. The van der Waals surface area contributed by atoms with E-state index >= 15 is 0 Å². The Morgan fingerprint density at radius 3 is 2.73 bits per heavy atom. The van der Waals surface area contributed by atoms with Gasteiger partial charge in [-0.1, -0.05) is 5.16 Å². The minimum atomic E-state index is -0.324. The Hall–Kier alpha value is -1.32. The number of hydrogen-bond acceptors (Lipinski definition) is 4. The molecule has 0 unspecified atom stereocenters. The maximum absolute atomic E-state index is 10.2. The average Bonchev–Trinajstić information content (AvgIpc) is 1.87. The number of allylic oxidation sites excluding steroid dienone is 1. The summed E-state index contributed by atoms with van der Waals surface area (Å²) in [5.74, 6) is -0.324. The van der Waals surface area contributed by atoms with Gasteiger partial charge in [-0.25, -0.2) is 0 Å². The van der Waals surface area contributed by atoms with Crippen molar-refractivity contribution in [1.82, 2.24) is 0 Å². The molecular weight excluding hydrogens is 146 g/mol. The maximum Gasteiger partial charge on any atom is 0.302 e. The summed E-state index contributed by atoms with van der Waals surface area (Å²) in [5, 5.41) is 10.9. The molecule has 0 aromatic heterocycles. The lowest BCUT2D eigenvalue weighted by Crippen LogP contribution is -1.98. The van der Waals surface area contributed by atoms with Crippen molar-refractivity contribution in [3.63, 3.8) is 0 Å². The second-order valence-corrected chi connectivity index (χ2v) is 2.00. The van der Waals surface area contributed by atoms with E-state index in [1.165, 1.54) is 13.1 Å². The SMILES string of the molecule is CC(=O)OCC=C(C)C=NO. The van der Waals surface area contributed by atoms with Gasteiger partial charge >= 0.3 is 5.97 Å². The Bertz CT molecular complexity index is 184. The lowest BCUT2D eigenvalue weighted by atomic mass is 10.3. The summed E-state index contributed by atoms with van der Waals surface area (Å²) < 4.78 is 4.60. The first-order valence-electron chi connectivity index (χ1n) is 3.14. The molecule has 0 atom stereocenters. The molecule has 4 nitrogen and oxygen atoms in total. The predicted molar refractivity (Wildman–Crippen MR) is 40.7 cm³/mol. The van der Waals surface area contributed by atoms with Crippen LogP contribution in [-0.2, 0) is 9.53 Å². The fraction of sp³-hybridized carbons (Fsp3) is 0.429. The highest BCUT2D eigenvalue weighted by atomic mass is 16.5. The minimum absolute atomic E-state index is 0.215. The minimum Gasteiger partial charge on any atom is -0.462 e. The van der Waals surface area contributed by atoms with Gasteiger partial charge in [-0.15, -0.1) is 0 Å². The standard InChI is InChI=1S/C7H11NO3/c1-6(5-8-10)3-4-11-7(2)9/h3,5,10H,4H2,1-2H3. The van der Waals surface area contributed by atoms with Gasteiger partial charge in [0.05, 0.1) is 6.21 Å². The van der Waals surface area contributed by atoms with Gasteiger partial charge in [0.15, 0.2) is 0 Å². The number of nitrogens with zero attached hydrogens (tertiary/aromatic N) is 1. The Morgan fingerprint density at radius 2 is 2.27 bits per heavy atom. The number of rotatable bonds is 3. The van der Waals surface area contributed by atoms with Gasteiger partial charge in [-0.2, -0.15) is 0 Å². The summed E-state index contributed by atoms with van der Waals surface area (Å²) in [5.41, 5.74) is 0.744. The van der Waals surface area contributed by atoms with Crippen LogP contribution in [0.1, 0.15) is 13.8 Å². The van der Waals surface area contributed by atoms with Crippen molar-refractivity contribution in [2.45, 2.75) is 13.8 Å². The third-order valence-corrected chi connectivity index (χ3v) is 0.953. The van der Waals surface area contributed by atoms with E-state index < -0.39 is 0 Å². The van der Waals surface area contributed by atoms with E-state index in [2.05, 4.69) is 9.89 Å². The van der Waals surface area contributed by atoms with Crippen LogP contribution in [0, 0.1) is 0 Å². The van der Waals surface area contributed by atoms with E-state index in [0.29, 0.717) is 0 Å². The number of esters is 1. The molecule has 0 rings (SSSR count). The van der Waals surface area contributed by atoms with Crippen LogP contribution < -0.4 is 0 Å². The molecular formula is C7H11NO3. The van der Waals surface area contributed by atoms with E-state index in [4.69, 9.17) is 5.21 Å². The number of ether oxygens (including phenoxy) is 1. The van der Waals surface area contributed by atoms with Crippen LogP contribution in [0.25, 0.3) is 0 Å². The van der Waals surface area contributed by atoms with Crippen LogP contribution in [0.4, 0.5) is 0 Å². The molecule has 0 aliphatic carbocycles. The Balaban J connectivity index is 3.64. The largest absolute Gasteiger partial charge is 0.462 e. The number of hydrogen-bond donors (Lipinski definition) is 1. The van der Waals surface area contributed by atoms with Crippen molar-refractivity contribution >= 4 is 12.2 Å². The molecule has 11 heavy (non-hydrogen) atoms. The highest BCUT2D eigenvalue weighted by Crippen LogP contribution is 1.87. The molecule has 0 radical (unpaired) electrons. The zero-order valence-corrected chi connectivity index (χ0v) is 6.57. The molecule has 0 aliphatic rings. The smallest absolute Gasteiger partial charge is 0.302 e. The predicted octanol–water partition coefficient (Wildman–Crippen LogP) is 0.956. The molecule has 4 heteroatoms. The van der Waals surface area contributed by atoms with Crippen LogP contribution in [0.5, 0.6) is 0 Å². The highest BCUT2D eigenvalue weighted by Gasteiger charge is 1.88. The second kappa shape index (κ2) is 5.46. The normalized spacial score (nSPS) is 12.0. The van der Waals surface area contributed by atoms with Crippen molar-refractivity contribution in [1.29, 1.82) is 0 Å². The fourth-order valence-corrected chi connectivity index (χ4v) is 0.434. The van der Waals surface area contributed by atoms with Gasteiger partial charge in [-0.05, 0) is 18.6 Å². The van der Waals surface area contributed by atoms with Gasteiger partial charge in [0.1, 0.15) is 6.61 Å². The van der Waals surface area contributed by atoms with Crippen molar-refractivity contribution in [2.75, 3.05) is 6.61 Å². The molecule has 0 heterocycles. The molecule has 0 aliphatic heterocycles. The van der Waals surface area contributed by atoms with Crippen LogP contribution in [-0.4, -0.2) is 24.0 Å². The van der Waals surface area contributed by atoms with Gasteiger partial charge in [0.2, 0.25) is 0 Å². The summed E-state index contributed by atoms with van der Waals surface area (Å²) >= 11 is 0. The lowest BCUT2D eigenvalue weighted by molar-refractivity contribution is -0.139. The van der Waals surface area contributed by atoms with E-state index in [0.717, 1.165) is 5.57 Å². The summed E-state index contributed by atoms with van der Waals surface area (Å²) in [6, 6.07) is 0. The molecule has 0 aromatic carbocycles. The molecule has 0 saturated carbocycles. The summed E-state index contributed by atoms with van der Waals surface area (Å²) in [4.78, 5) is 10.2. The topological polar surface area (TPSA) is 58.9 Å². The number of carbonyl (C=O) groups excluding carboxylic acids is 1. The summed E-state index contributed by atoms with van der Waals surface area (Å²) in [6.07, 6.45) is 2.91. The van der Waals surface area contributed by atoms with Crippen molar-refractivity contribution < 1.29 is 14.7 Å². The van der Waals surface area contributed by atoms with Crippen molar-refractivity contribution in [3.8, 4) is 0 Å². The lowest BCUT2D eigenvalue weighted by Gasteiger charge is -1.95. The first-order chi connectivity index (χ1) is 5.16. The molecule has 62 valence electrons. The number of carbonyl (C=O) groups is 1. The monoisotopic (exact) mass is 157 g/mol. The van der Waals surface area contributed by atoms with Crippen LogP contribution >= 0.6 is 0 Å². The Labute approximate surface area is 65.2 Å². The molecule has 0 aromatic rings. The fourth-order valence-electron chi connectivity index (χ4n) is 0.434. The average molecular weight is 157 g/mol. The summed E-state index contributed by atoms with van der Waals surface area (Å²) in [7, 11) is 0. The van der Waals surface area contributed by atoms with Crippen molar-refractivity contribution in [2.24, 2.45) is 5.16 Å². The zero-order valence-electron chi connectivity index (χ0n) is 6.57. The first kappa shape index (κ1) is 9.68. The van der Waals surface area contributed by atoms with Crippen LogP contribution in [0.2, 0.25) is 0 Å². The maximum atomic E-state index is 10.2. The molecule has 0 amide bonds. The third-order valence-electron chi connectivity index (χ3n) is 0.953. The molecule has 1 N–H and O–H groups in total. The molecule has 0 spiro atoms. The zero-order chi connectivity index (χ0) is 8.69. The van der Waals surface area contributed by atoms with E-state index in [-0.39, 0.29) is 12.6 Å². The molecule has 0 fully saturated rings. The van der Waals surface area contributed by atoms with Crippen LogP contribution in [0.15, 0.2) is 16.8 Å². The van der Waals surface area contributed by atoms with Crippen molar-refractivity contribution in [3.05, 3.63) is 11.6 Å². The van der Waals surface area contributed by atoms with E-state index in [1.807, 2.05) is 0 Å². The Kier molecular flexibility index (Phi) is 4.81. The van der Waals surface area contributed by atoms with Crippen LogP contribution in [0.3, 0.4) is 0 Å². The highest BCUT2D eigenvalue weighted by molar-refractivity contribution is 5.77. The quantitative estimate of drug-likeness (QED) is 0.287. The van der Waals surface area contributed by atoms with Gasteiger partial charge in [-0.3, -0.25) is 4.79 Å². The third kappa shape index (κ3) is 6.57. The second-order valence-electron chi connectivity index (χ2n) is 2.00. The molecule has 0 bridgehead atoms. The van der Waals surface area contributed by atoms with E-state index in [9.17, 15) is 4.79 Å².